The van der Waals surface area contributed by atoms with E-state index in [-0.39, 0.29) is 72.1 Å². The zero-order valence-corrected chi connectivity index (χ0v) is 18.9. The first-order valence-electron chi connectivity index (χ1n) is 7.58. The minimum absolute atomic E-state index is 0. The van der Waals surface area contributed by atoms with Crippen LogP contribution in [-0.2, 0) is 9.59 Å². The Bertz CT molecular complexity index is 242. The Kier molecular flexibility index (Phi) is 37.4. The average Bonchev–Trinajstić information content (AvgIpc) is 2.37. The second-order valence-corrected chi connectivity index (χ2v) is 4.85. The largest absolute Gasteiger partial charge is 1.00 e. The molecule has 0 bridgehead atoms. The number of hydrogen-bond acceptors (Lipinski definition) is 5. The Morgan fingerprint density at radius 3 is 1.45 bits per heavy atom. The maximum Gasteiger partial charge on any atom is 1.00 e. The summed E-state index contributed by atoms with van der Waals surface area (Å²) in [5.74, 6) is -1.98. The normalized spacial score (nSPS) is 8.82. The number of carboxylic acids is 2. The predicted octanol–water partition coefficient (Wildman–Crippen LogP) is -5.38. The van der Waals surface area contributed by atoms with Gasteiger partial charge in [-0.3, -0.25) is 0 Å². The van der Waals surface area contributed by atoms with Crippen LogP contribution in [0.25, 0.3) is 0 Å². The molecule has 0 aliphatic heterocycles. The van der Waals surface area contributed by atoms with E-state index in [4.69, 9.17) is 0 Å². The van der Waals surface area contributed by atoms with E-state index in [1.54, 1.807) is 7.05 Å². The van der Waals surface area contributed by atoms with Crippen molar-refractivity contribution in [2.45, 2.75) is 71.1 Å². The number of rotatable bonds is 12. The fourth-order valence-electron chi connectivity index (χ4n) is 1.72. The van der Waals surface area contributed by atoms with Crippen LogP contribution in [0.2, 0.25) is 0 Å². The van der Waals surface area contributed by atoms with Gasteiger partial charge in [-0.05, 0) is 19.9 Å². The molecule has 0 aromatic rings. The molecule has 0 saturated carbocycles. The Labute approximate surface area is 179 Å². The van der Waals surface area contributed by atoms with E-state index >= 15 is 0 Å². The molecule has 0 atom stereocenters. The summed E-state index contributed by atoms with van der Waals surface area (Å²) in [6.45, 7) is 2.15. The van der Waals surface area contributed by atoms with Crippen LogP contribution in [0.3, 0.4) is 0 Å². The zero-order valence-electron chi connectivity index (χ0n) is 14.9. The number of likely N-dealkylation sites (N-methyl/N-ethyl adjacent to an activating group) is 1. The molecule has 0 aromatic heterocycles. The molecule has 22 heavy (non-hydrogen) atoms. The maximum atomic E-state index is 10.1. The number of aliphatic carboxylic acids is 2. The van der Waals surface area contributed by atoms with Crippen molar-refractivity contribution in [2.24, 2.45) is 0 Å². The molecule has 0 aliphatic rings. The Hall–Kier alpha value is 0.900. The third kappa shape index (κ3) is 37.3. The van der Waals surface area contributed by atoms with Gasteiger partial charge in [0.2, 0.25) is 0 Å². The topological polar surface area (TPSA) is 92.3 Å². The van der Waals surface area contributed by atoms with Crippen molar-refractivity contribution in [3.05, 3.63) is 0 Å². The monoisotopic (exact) mass is 333 g/mol. The first-order chi connectivity index (χ1) is 9.54. The van der Waals surface area contributed by atoms with Crippen LogP contribution < -0.4 is 74.6 Å². The molecule has 0 rings (SSSR count). The van der Waals surface area contributed by atoms with E-state index in [0.29, 0.717) is 0 Å². The Balaban J connectivity index is -0.000000174. The van der Waals surface area contributed by atoms with Crippen molar-refractivity contribution in [3.63, 3.8) is 0 Å². The van der Waals surface area contributed by atoms with Crippen molar-refractivity contribution in [2.75, 3.05) is 13.6 Å². The summed E-state index contributed by atoms with van der Waals surface area (Å²) in [4.78, 5) is 19.5. The summed E-state index contributed by atoms with van der Waals surface area (Å²) < 4.78 is 0. The molecule has 0 amide bonds. The molecular weight excluding hydrogens is 304 g/mol. The fraction of sp³-hybridized carbons (Fsp3) is 0.867. The number of hydrogen-bond donors (Lipinski definition) is 1. The molecule has 0 radical (unpaired) electrons. The van der Waals surface area contributed by atoms with Crippen LogP contribution in [-0.4, -0.2) is 25.5 Å². The SMILES string of the molecule is CCCCCCCCCCCC(=O)[O-].CNCC(=O)[O-].[Na+].[Na+]. The van der Waals surface area contributed by atoms with E-state index < -0.39 is 11.9 Å². The molecule has 0 aliphatic carbocycles. The van der Waals surface area contributed by atoms with Crippen LogP contribution in [0.15, 0.2) is 0 Å². The van der Waals surface area contributed by atoms with Crippen LogP contribution in [0, 0.1) is 0 Å². The van der Waals surface area contributed by atoms with Gasteiger partial charge in [0, 0.05) is 12.5 Å². The van der Waals surface area contributed by atoms with Crippen molar-refractivity contribution in [3.8, 4) is 0 Å². The van der Waals surface area contributed by atoms with Crippen molar-refractivity contribution < 1.29 is 78.9 Å². The number of carbonyl (C=O) groups is 2. The first kappa shape index (κ1) is 30.7. The molecule has 7 heteroatoms. The molecule has 5 nitrogen and oxygen atoms in total. The van der Waals surface area contributed by atoms with Crippen LogP contribution in [0.4, 0.5) is 0 Å². The Morgan fingerprint density at radius 2 is 1.18 bits per heavy atom. The molecule has 0 heterocycles. The van der Waals surface area contributed by atoms with E-state index in [1.807, 2.05) is 0 Å². The quantitative estimate of drug-likeness (QED) is 0.284. The minimum Gasteiger partial charge on any atom is -0.550 e. The molecule has 120 valence electrons. The second-order valence-electron chi connectivity index (χ2n) is 4.85. The number of carbonyl (C=O) groups excluding carboxylic acids is 2. The Morgan fingerprint density at radius 1 is 0.773 bits per heavy atom. The summed E-state index contributed by atoms with van der Waals surface area (Å²) in [6, 6.07) is 0. The zero-order chi connectivity index (χ0) is 15.6. The van der Waals surface area contributed by atoms with Gasteiger partial charge in [0.1, 0.15) is 0 Å². The van der Waals surface area contributed by atoms with Crippen molar-refractivity contribution in [1.82, 2.24) is 5.32 Å². The molecule has 0 spiro atoms. The first-order valence-corrected chi connectivity index (χ1v) is 7.58. The van der Waals surface area contributed by atoms with Crippen molar-refractivity contribution in [1.29, 1.82) is 0 Å². The summed E-state index contributed by atoms with van der Waals surface area (Å²) in [6.07, 6.45) is 11.2. The molecule has 0 fully saturated rings. The van der Waals surface area contributed by atoms with Crippen LogP contribution >= 0.6 is 0 Å². The maximum absolute atomic E-state index is 10.1. The van der Waals surface area contributed by atoms with E-state index in [1.165, 1.54) is 44.9 Å². The van der Waals surface area contributed by atoms with E-state index in [2.05, 4.69) is 12.2 Å². The molecule has 0 unspecified atom stereocenters. The summed E-state index contributed by atoms with van der Waals surface area (Å²) in [7, 11) is 1.55. The van der Waals surface area contributed by atoms with Crippen LogP contribution in [0.5, 0.6) is 0 Å². The van der Waals surface area contributed by atoms with Crippen molar-refractivity contribution >= 4 is 11.9 Å². The predicted molar refractivity (Wildman–Crippen MR) is 75.8 cm³/mol. The number of unbranched alkanes of at least 4 members (excludes halogenated alkanes) is 8. The van der Waals surface area contributed by atoms with E-state index in [0.717, 1.165) is 12.8 Å². The van der Waals surface area contributed by atoms with Gasteiger partial charge in [-0.1, -0.05) is 58.3 Å². The second kappa shape index (κ2) is 26.8. The number of nitrogens with one attached hydrogen (secondary N) is 1. The minimum atomic E-state index is -1.07. The molecule has 0 saturated heterocycles. The smallest absolute Gasteiger partial charge is 0.550 e. The summed E-state index contributed by atoms with van der Waals surface area (Å²) >= 11 is 0. The fourth-order valence-corrected chi connectivity index (χ4v) is 1.72. The van der Waals surface area contributed by atoms with Gasteiger partial charge in [-0.25, -0.2) is 0 Å². The summed E-state index contributed by atoms with van der Waals surface area (Å²) in [5.41, 5.74) is 0. The van der Waals surface area contributed by atoms with Gasteiger partial charge in [-0.15, -0.1) is 0 Å². The third-order valence-corrected chi connectivity index (χ3v) is 2.81. The standard InChI is InChI=1S/C12H24O2.C3H7NO2.2Na/c1-2-3-4-5-6-7-8-9-10-11-12(13)14;1-4-2-3(5)6;;/h2-11H2,1H3,(H,13,14);4H,2H2,1H3,(H,5,6);;/q;;2*+1/p-2. The van der Waals surface area contributed by atoms with Crippen LogP contribution in [0.1, 0.15) is 71.1 Å². The van der Waals surface area contributed by atoms with Gasteiger partial charge >= 0.3 is 59.1 Å². The van der Waals surface area contributed by atoms with Gasteiger partial charge in [0.25, 0.3) is 0 Å². The molecular formula is C15H29NNa2O4. The van der Waals surface area contributed by atoms with Gasteiger partial charge in [0.15, 0.2) is 0 Å². The number of carboxylic acid groups (broad SMARTS) is 2. The van der Waals surface area contributed by atoms with Gasteiger partial charge in [0.05, 0.1) is 5.97 Å². The third-order valence-electron chi connectivity index (χ3n) is 2.81. The molecule has 1 N–H and O–H groups in total. The van der Waals surface area contributed by atoms with E-state index in [9.17, 15) is 19.8 Å². The molecule has 0 aromatic carbocycles. The van der Waals surface area contributed by atoms with Gasteiger partial charge in [-0.2, -0.15) is 0 Å². The van der Waals surface area contributed by atoms with Gasteiger partial charge < -0.3 is 25.1 Å². The average molecular weight is 333 g/mol. The summed E-state index contributed by atoms with van der Waals surface area (Å²) in [5, 5.41) is 21.9.